The average molecular weight is 416 g/mol. The Labute approximate surface area is 180 Å². The highest BCUT2D eigenvalue weighted by Crippen LogP contribution is 2.16. The van der Waals surface area contributed by atoms with Crippen molar-refractivity contribution in [1.82, 2.24) is 5.32 Å². The number of amides is 3. The van der Waals surface area contributed by atoms with E-state index < -0.39 is 0 Å². The lowest BCUT2D eigenvalue weighted by Crippen LogP contribution is -2.23. The number of hydrogen-bond donors (Lipinski definition) is 4. The molecule has 0 saturated heterocycles. The van der Waals surface area contributed by atoms with E-state index in [-0.39, 0.29) is 24.3 Å². The molecule has 31 heavy (non-hydrogen) atoms. The number of carbonyl (C=O) groups is 3. The molecule has 0 aliphatic carbocycles. The van der Waals surface area contributed by atoms with Gasteiger partial charge in [-0.05, 0) is 55.5 Å². The summed E-state index contributed by atoms with van der Waals surface area (Å²) >= 11 is 0. The molecule has 3 rings (SSSR count). The van der Waals surface area contributed by atoms with Crippen LogP contribution in [0.2, 0.25) is 0 Å². The highest BCUT2D eigenvalue weighted by molar-refractivity contribution is 6.04. The highest BCUT2D eigenvalue weighted by atomic mass is 16.2. The first-order valence-corrected chi connectivity index (χ1v) is 9.93. The number of hydrogen-bond acceptors (Lipinski definition) is 4. The monoisotopic (exact) mass is 416 g/mol. The van der Waals surface area contributed by atoms with Crippen molar-refractivity contribution >= 4 is 34.8 Å². The van der Waals surface area contributed by atoms with Crippen molar-refractivity contribution in [2.45, 2.75) is 6.92 Å². The molecule has 4 N–H and O–H groups in total. The van der Waals surface area contributed by atoms with Crippen LogP contribution < -0.4 is 21.3 Å². The number of rotatable bonds is 8. The normalized spacial score (nSPS) is 10.1. The molecule has 7 heteroatoms. The SMILES string of the molecule is CCNC(=O)c1cccc(NCC(=O)Nc2cccc(NC(=O)c3ccccc3)c2)c1. The van der Waals surface area contributed by atoms with Crippen molar-refractivity contribution in [2.24, 2.45) is 0 Å². The van der Waals surface area contributed by atoms with E-state index in [4.69, 9.17) is 0 Å². The lowest BCUT2D eigenvalue weighted by atomic mass is 10.2. The maximum absolute atomic E-state index is 12.3. The molecule has 0 atom stereocenters. The molecule has 0 saturated carbocycles. The third kappa shape index (κ3) is 6.43. The van der Waals surface area contributed by atoms with Crippen LogP contribution in [0.5, 0.6) is 0 Å². The molecule has 3 amide bonds. The third-order valence-electron chi connectivity index (χ3n) is 4.36. The molecular weight excluding hydrogens is 392 g/mol. The maximum atomic E-state index is 12.3. The van der Waals surface area contributed by atoms with Gasteiger partial charge in [0.15, 0.2) is 0 Å². The van der Waals surface area contributed by atoms with Crippen molar-refractivity contribution < 1.29 is 14.4 Å². The second kappa shape index (κ2) is 10.6. The van der Waals surface area contributed by atoms with Crippen molar-refractivity contribution in [2.75, 3.05) is 29.0 Å². The van der Waals surface area contributed by atoms with Crippen LogP contribution in [0.3, 0.4) is 0 Å². The lowest BCUT2D eigenvalue weighted by Gasteiger charge is -2.11. The van der Waals surface area contributed by atoms with Gasteiger partial charge in [-0.3, -0.25) is 14.4 Å². The van der Waals surface area contributed by atoms with Gasteiger partial charge in [0.25, 0.3) is 11.8 Å². The molecule has 0 aliphatic rings. The predicted molar refractivity (Wildman–Crippen MR) is 122 cm³/mol. The van der Waals surface area contributed by atoms with Gasteiger partial charge >= 0.3 is 0 Å². The first kappa shape index (κ1) is 21.6. The minimum absolute atomic E-state index is 0.0272. The molecule has 0 bridgehead atoms. The summed E-state index contributed by atoms with van der Waals surface area (Å²) in [5, 5.41) is 11.4. The van der Waals surface area contributed by atoms with Crippen LogP contribution in [0, 0.1) is 0 Å². The Kier molecular flexibility index (Phi) is 7.37. The van der Waals surface area contributed by atoms with Crippen molar-refractivity contribution in [1.29, 1.82) is 0 Å². The summed E-state index contributed by atoms with van der Waals surface area (Å²) in [6.07, 6.45) is 0. The van der Waals surface area contributed by atoms with E-state index >= 15 is 0 Å². The van der Waals surface area contributed by atoms with Crippen LogP contribution in [0.4, 0.5) is 17.1 Å². The standard InChI is InChI=1S/C24H24N4O3/c1-2-25-23(30)18-10-6-11-19(14-18)26-16-22(29)27-20-12-7-13-21(15-20)28-24(31)17-8-4-3-5-9-17/h3-15,26H,2,16H2,1H3,(H,25,30)(H,27,29)(H,28,31). The average Bonchev–Trinajstić information content (AvgIpc) is 2.79. The van der Waals surface area contributed by atoms with Crippen molar-refractivity contribution in [3.8, 4) is 0 Å². The zero-order valence-corrected chi connectivity index (χ0v) is 17.1. The summed E-state index contributed by atoms with van der Waals surface area (Å²) < 4.78 is 0. The molecule has 3 aromatic carbocycles. The van der Waals surface area contributed by atoms with E-state index in [2.05, 4.69) is 21.3 Å². The molecule has 7 nitrogen and oxygen atoms in total. The molecule has 0 unspecified atom stereocenters. The smallest absolute Gasteiger partial charge is 0.255 e. The Bertz CT molecular complexity index is 1070. The van der Waals surface area contributed by atoms with Crippen LogP contribution in [-0.2, 0) is 4.79 Å². The fraction of sp³-hybridized carbons (Fsp3) is 0.125. The Hall–Kier alpha value is -4.13. The minimum Gasteiger partial charge on any atom is -0.376 e. The topological polar surface area (TPSA) is 99.3 Å². The quantitative estimate of drug-likeness (QED) is 0.450. The van der Waals surface area contributed by atoms with E-state index in [9.17, 15) is 14.4 Å². The van der Waals surface area contributed by atoms with E-state index in [1.807, 2.05) is 13.0 Å². The van der Waals surface area contributed by atoms with Gasteiger partial charge in [-0.25, -0.2) is 0 Å². The Morgan fingerprint density at radius 3 is 2.06 bits per heavy atom. The Morgan fingerprint density at radius 2 is 1.32 bits per heavy atom. The highest BCUT2D eigenvalue weighted by Gasteiger charge is 2.08. The summed E-state index contributed by atoms with van der Waals surface area (Å²) in [5.74, 6) is -0.641. The first-order valence-electron chi connectivity index (χ1n) is 9.93. The number of benzene rings is 3. The van der Waals surface area contributed by atoms with Crippen molar-refractivity contribution in [3.63, 3.8) is 0 Å². The van der Waals surface area contributed by atoms with Gasteiger partial charge in [0.2, 0.25) is 5.91 Å². The summed E-state index contributed by atoms with van der Waals surface area (Å²) in [6, 6.07) is 22.8. The molecule has 0 fully saturated rings. The molecule has 158 valence electrons. The fourth-order valence-corrected chi connectivity index (χ4v) is 2.89. The van der Waals surface area contributed by atoms with Gasteiger partial charge in [0.05, 0.1) is 6.54 Å². The fourth-order valence-electron chi connectivity index (χ4n) is 2.89. The molecule has 0 radical (unpaired) electrons. The third-order valence-corrected chi connectivity index (χ3v) is 4.36. The maximum Gasteiger partial charge on any atom is 0.255 e. The van der Waals surface area contributed by atoms with Gasteiger partial charge in [-0.2, -0.15) is 0 Å². The molecule has 0 heterocycles. The zero-order chi connectivity index (χ0) is 22.1. The molecule has 0 spiro atoms. The summed E-state index contributed by atoms with van der Waals surface area (Å²) in [7, 11) is 0. The van der Waals surface area contributed by atoms with Crippen molar-refractivity contribution in [3.05, 3.63) is 90.0 Å². The lowest BCUT2D eigenvalue weighted by molar-refractivity contribution is -0.114. The number of nitrogens with one attached hydrogen (secondary N) is 4. The number of carbonyl (C=O) groups excluding carboxylic acids is 3. The Balaban J connectivity index is 1.55. The number of anilines is 3. The van der Waals surface area contributed by atoms with Gasteiger partial charge in [0.1, 0.15) is 0 Å². The van der Waals surface area contributed by atoms with Gasteiger partial charge in [-0.1, -0.05) is 30.3 Å². The second-order valence-electron chi connectivity index (χ2n) is 6.74. The van der Waals surface area contributed by atoms with Gasteiger partial charge < -0.3 is 21.3 Å². The molecule has 0 aromatic heterocycles. The van der Waals surface area contributed by atoms with E-state index in [0.29, 0.717) is 34.7 Å². The van der Waals surface area contributed by atoms with Gasteiger partial charge in [0, 0.05) is 34.7 Å². The predicted octanol–water partition coefficient (Wildman–Crippen LogP) is 3.74. The van der Waals surface area contributed by atoms with Crippen LogP contribution in [0.15, 0.2) is 78.9 Å². The minimum atomic E-state index is -0.255. The summed E-state index contributed by atoms with van der Waals surface area (Å²) in [4.78, 5) is 36.5. The zero-order valence-electron chi connectivity index (χ0n) is 17.1. The second-order valence-corrected chi connectivity index (χ2v) is 6.74. The molecular formula is C24H24N4O3. The first-order chi connectivity index (χ1) is 15.0. The summed E-state index contributed by atoms with van der Waals surface area (Å²) in [5.41, 5.74) is 2.89. The van der Waals surface area contributed by atoms with Crippen LogP contribution in [0.1, 0.15) is 27.6 Å². The van der Waals surface area contributed by atoms with Crippen LogP contribution >= 0.6 is 0 Å². The largest absolute Gasteiger partial charge is 0.376 e. The summed E-state index contributed by atoms with van der Waals surface area (Å²) in [6.45, 7) is 2.43. The van der Waals surface area contributed by atoms with Crippen LogP contribution in [-0.4, -0.2) is 30.8 Å². The van der Waals surface area contributed by atoms with Gasteiger partial charge in [-0.15, -0.1) is 0 Å². The van der Waals surface area contributed by atoms with E-state index in [1.54, 1.807) is 72.8 Å². The van der Waals surface area contributed by atoms with E-state index in [0.717, 1.165) is 0 Å². The van der Waals surface area contributed by atoms with E-state index in [1.165, 1.54) is 0 Å². The Morgan fingerprint density at radius 1 is 0.677 bits per heavy atom. The molecule has 0 aliphatic heterocycles. The van der Waals surface area contributed by atoms with Crippen LogP contribution in [0.25, 0.3) is 0 Å². The molecule has 3 aromatic rings.